The molecule has 1 aromatic carbocycles. The van der Waals surface area contributed by atoms with E-state index < -0.39 is 17.6 Å². The average Bonchev–Trinajstić information content (AvgIpc) is 3.28. The molecule has 0 spiro atoms. The molecule has 33 heavy (non-hydrogen) atoms. The number of anilines is 3. The first-order valence-electron chi connectivity index (χ1n) is 10.4. The highest BCUT2D eigenvalue weighted by atomic mass is 19.4. The Morgan fingerprint density at radius 3 is 2.70 bits per heavy atom. The lowest BCUT2D eigenvalue weighted by molar-refractivity contribution is -0.137. The Kier molecular flexibility index (Phi) is 6.17. The Morgan fingerprint density at radius 1 is 1.15 bits per heavy atom. The summed E-state index contributed by atoms with van der Waals surface area (Å²) in [5, 5.41) is 5.57. The smallest absolute Gasteiger partial charge is 0.370 e. The maximum Gasteiger partial charge on any atom is 0.417 e. The molecule has 172 valence electrons. The van der Waals surface area contributed by atoms with Crippen LogP contribution in [0.15, 0.2) is 49.1 Å². The van der Waals surface area contributed by atoms with E-state index in [9.17, 15) is 18.0 Å². The fraction of sp³-hybridized carbons (Fsp3) is 0.304. The molecule has 1 aliphatic rings. The molecule has 0 bridgehead atoms. The molecule has 0 unspecified atom stereocenters. The van der Waals surface area contributed by atoms with E-state index in [1.165, 1.54) is 6.20 Å². The van der Waals surface area contributed by atoms with Gasteiger partial charge < -0.3 is 15.5 Å². The van der Waals surface area contributed by atoms with Gasteiger partial charge in [0, 0.05) is 50.2 Å². The van der Waals surface area contributed by atoms with Crippen molar-refractivity contribution in [2.75, 3.05) is 35.7 Å². The Bertz CT molecular complexity index is 1170. The van der Waals surface area contributed by atoms with Crippen LogP contribution in [-0.4, -0.2) is 41.0 Å². The van der Waals surface area contributed by atoms with E-state index >= 15 is 0 Å². The van der Waals surface area contributed by atoms with Crippen molar-refractivity contribution in [1.82, 2.24) is 15.0 Å². The molecular formula is C23H23F3N6O. The van der Waals surface area contributed by atoms with Gasteiger partial charge in [-0.2, -0.15) is 13.2 Å². The predicted molar refractivity (Wildman–Crippen MR) is 120 cm³/mol. The fourth-order valence-corrected chi connectivity index (χ4v) is 4.03. The second-order valence-corrected chi connectivity index (χ2v) is 7.90. The van der Waals surface area contributed by atoms with Crippen LogP contribution in [0.25, 0.3) is 0 Å². The van der Waals surface area contributed by atoms with Gasteiger partial charge in [0.05, 0.1) is 17.4 Å². The summed E-state index contributed by atoms with van der Waals surface area (Å²) in [6.07, 6.45) is 1.55. The largest absolute Gasteiger partial charge is 0.417 e. The van der Waals surface area contributed by atoms with Crippen molar-refractivity contribution in [2.45, 2.75) is 25.4 Å². The van der Waals surface area contributed by atoms with Crippen LogP contribution in [0.2, 0.25) is 0 Å². The van der Waals surface area contributed by atoms with Crippen molar-refractivity contribution in [1.29, 1.82) is 0 Å². The number of alkyl halides is 3. The molecule has 4 rings (SSSR count). The van der Waals surface area contributed by atoms with Crippen LogP contribution in [0.1, 0.15) is 39.4 Å². The molecule has 10 heteroatoms. The molecule has 1 aliphatic heterocycles. The predicted octanol–water partition coefficient (Wildman–Crippen LogP) is 4.49. The van der Waals surface area contributed by atoms with Crippen molar-refractivity contribution in [2.24, 2.45) is 0 Å². The number of halogens is 3. The topological polar surface area (TPSA) is 83.0 Å². The Morgan fingerprint density at radius 2 is 1.94 bits per heavy atom. The van der Waals surface area contributed by atoms with Gasteiger partial charge in [-0.15, -0.1) is 0 Å². The molecule has 1 atom stereocenters. The van der Waals surface area contributed by atoms with Crippen LogP contribution in [0.5, 0.6) is 0 Å². The zero-order valence-corrected chi connectivity index (χ0v) is 18.1. The molecule has 3 aromatic rings. The van der Waals surface area contributed by atoms with Gasteiger partial charge in [0.1, 0.15) is 0 Å². The van der Waals surface area contributed by atoms with Crippen molar-refractivity contribution < 1.29 is 18.0 Å². The fourth-order valence-electron chi connectivity index (χ4n) is 4.03. The Balaban J connectivity index is 1.52. The highest BCUT2D eigenvalue weighted by molar-refractivity contribution is 6.04. The van der Waals surface area contributed by atoms with E-state index in [-0.39, 0.29) is 11.6 Å². The normalized spacial score (nSPS) is 16.0. The molecule has 1 saturated heterocycles. The van der Waals surface area contributed by atoms with Gasteiger partial charge in [-0.1, -0.05) is 6.07 Å². The van der Waals surface area contributed by atoms with Gasteiger partial charge in [0.15, 0.2) is 11.6 Å². The van der Waals surface area contributed by atoms with E-state index in [4.69, 9.17) is 0 Å². The molecule has 2 aromatic heterocycles. The average molecular weight is 456 g/mol. The quantitative estimate of drug-likeness (QED) is 0.589. The summed E-state index contributed by atoms with van der Waals surface area (Å²) >= 11 is 0. The second-order valence-electron chi connectivity index (χ2n) is 7.90. The van der Waals surface area contributed by atoms with Crippen LogP contribution >= 0.6 is 0 Å². The maximum absolute atomic E-state index is 12.9. The van der Waals surface area contributed by atoms with Crippen molar-refractivity contribution in [3.63, 3.8) is 0 Å². The maximum atomic E-state index is 12.9. The number of carbonyl (C=O) groups is 1. The van der Waals surface area contributed by atoms with Gasteiger partial charge in [0.25, 0.3) is 5.91 Å². The van der Waals surface area contributed by atoms with Crippen molar-refractivity contribution in [3.8, 4) is 0 Å². The summed E-state index contributed by atoms with van der Waals surface area (Å²) in [4.78, 5) is 27.3. The zero-order valence-electron chi connectivity index (χ0n) is 18.1. The van der Waals surface area contributed by atoms with Crippen LogP contribution in [0, 0.1) is 6.92 Å². The third-order valence-corrected chi connectivity index (χ3v) is 5.71. The SMILES string of the molecule is CNc1nccnc1N1CC[C@@H](c2cc(C(=O)Nc3cncc(C(F)(F)F)c3)ccc2C)C1. The minimum atomic E-state index is -4.53. The number of hydrogen-bond acceptors (Lipinski definition) is 6. The van der Waals surface area contributed by atoms with Gasteiger partial charge in [-0.25, -0.2) is 9.97 Å². The molecule has 7 nitrogen and oxygen atoms in total. The monoisotopic (exact) mass is 456 g/mol. The Labute approximate surface area is 189 Å². The van der Waals surface area contributed by atoms with Crippen LogP contribution < -0.4 is 15.5 Å². The first kappa shape index (κ1) is 22.5. The first-order chi connectivity index (χ1) is 15.8. The highest BCUT2D eigenvalue weighted by Gasteiger charge is 2.31. The van der Waals surface area contributed by atoms with Gasteiger partial charge in [0.2, 0.25) is 0 Å². The summed E-state index contributed by atoms with van der Waals surface area (Å²) in [5.74, 6) is 1.18. The number of aromatic nitrogens is 3. The summed E-state index contributed by atoms with van der Waals surface area (Å²) in [6.45, 7) is 3.50. The second kappa shape index (κ2) is 9.05. The minimum Gasteiger partial charge on any atom is -0.370 e. The standard InChI is InChI=1S/C23H23F3N6O/c1-14-3-4-15(22(33)31-18-10-17(11-28-12-18)23(24,25)26)9-19(14)16-5-8-32(13-16)21-20(27-2)29-6-7-30-21/h3-4,6-7,9-12,16H,5,8,13H2,1-2H3,(H,27,29)(H,31,33)/t16-/m1/s1. The third kappa shape index (κ3) is 4.89. The summed E-state index contributed by atoms with van der Waals surface area (Å²) in [5.41, 5.74) is 1.53. The van der Waals surface area contributed by atoms with Crippen LogP contribution in [0.4, 0.5) is 30.5 Å². The van der Waals surface area contributed by atoms with E-state index in [0.717, 1.165) is 48.7 Å². The van der Waals surface area contributed by atoms with E-state index in [0.29, 0.717) is 11.4 Å². The van der Waals surface area contributed by atoms with Gasteiger partial charge in [-0.05, 0) is 42.7 Å². The summed E-state index contributed by atoms with van der Waals surface area (Å²) in [6, 6.07) is 6.22. The molecule has 0 saturated carbocycles. The number of carbonyl (C=O) groups excluding carboxylic acids is 1. The number of nitrogens with one attached hydrogen (secondary N) is 2. The number of amides is 1. The molecule has 1 amide bonds. The van der Waals surface area contributed by atoms with E-state index in [2.05, 4.69) is 30.5 Å². The molecule has 3 heterocycles. The lowest BCUT2D eigenvalue weighted by Gasteiger charge is -2.20. The zero-order chi connectivity index (χ0) is 23.6. The van der Waals surface area contributed by atoms with Gasteiger partial charge >= 0.3 is 6.18 Å². The van der Waals surface area contributed by atoms with Crippen molar-refractivity contribution >= 4 is 23.2 Å². The number of aryl methyl sites for hydroxylation is 1. The molecule has 1 fully saturated rings. The molecular weight excluding hydrogens is 433 g/mol. The lowest BCUT2D eigenvalue weighted by Crippen LogP contribution is -2.22. The van der Waals surface area contributed by atoms with Crippen molar-refractivity contribution in [3.05, 3.63) is 71.3 Å². The summed E-state index contributed by atoms with van der Waals surface area (Å²) in [7, 11) is 1.80. The Hall–Kier alpha value is -3.69. The van der Waals surface area contributed by atoms with Crippen LogP contribution in [-0.2, 0) is 6.18 Å². The minimum absolute atomic E-state index is 0.00811. The number of hydrogen-bond donors (Lipinski definition) is 2. The number of rotatable bonds is 5. The third-order valence-electron chi connectivity index (χ3n) is 5.71. The molecule has 0 radical (unpaired) electrons. The van der Waals surface area contributed by atoms with E-state index in [1.54, 1.807) is 25.5 Å². The summed E-state index contributed by atoms with van der Waals surface area (Å²) < 4.78 is 38.8. The first-order valence-corrected chi connectivity index (χ1v) is 10.4. The lowest BCUT2D eigenvalue weighted by atomic mass is 9.92. The van der Waals surface area contributed by atoms with E-state index in [1.807, 2.05) is 19.1 Å². The highest BCUT2D eigenvalue weighted by Crippen LogP contribution is 2.34. The molecule has 2 N–H and O–H groups in total. The molecule has 0 aliphatic carbocycles. The van der Waals surface area contributed by atoms with Gasteiger partial charge in [-0.3, -0.25) is 9.78 Å². The number of benzene rings is 1. The number of nitrogens with zero attached hydrogens (tertiary/aromatic N) is 4. The van der Waals surface area contributed by atoms with Crippen LogP contribution in [0.3, 0.4) is 0 Å². The number of pyridine rings is 1.